The molecule has 0 unspecified atom stereocenters. The summed E-state index contributed by atoms with van der Waals surface area (Å²) < 4.78 is 0. The molecule has 2 heteroatoms. The van der Waals surface area contributed by atoms with Crippen molar-refractivity contribution in [3.05, 3.63) is 0 Å². The van der Waals surface area contributed by atoms with Gasteiger partial charge in [0.15, 0.2) is 0 Å². The molecule has 0 aromatic rings. The van der Waals surface area contributed by atoms with E-state index in [1.165, 1.54) is 12.8 Å². The highest BCUT2D eigenvalue weighted by Gasteiger charge is 1.87. The molecular formula is C12H24N2. The van der Waals surface area contributed by atoms with Crippen LogP contribution >= 0.6 is 0 Å². The van der Waals surface area contributed by atoms with E-state index in [9.17, 15) is 0 Å². The third-order valence-electron chi connectivity index (χ3n) is 1.72. The van der Waals surface area contributed by atoms with Crippen LogP contribution in [0.4, 0.5) is 0 Å². The van der Waals surface area contributed by atoms with Gasteiger partial charge in [-0.2, -0.15) is 0 Å². The minimum Gasteiger partial charge on any atom is -0.295 e. The van der Waals surface area contributed by atoms with E-state index in [1.54, 1.807) is 0 Å². The van der Waals surface area contributed by atoms with Gasteiger partial charge in [-0.15, -0.1) is 0 Å². The van der Waals surface area contributed by atoms with Crippen molar-refractivity contribution in [3.63, 3.8) is 0 Å². The maximum absolute atomic E-state index is 4.31. The molecule has 0 aromatic heterocycles. The number of nitrogens with zero attached hydrogens (tertiary/aromatic N) is 2. The standard InChI is InChI=1S/C12H24N2/c1-11(2)13-9-7-5-6-8-10-14-12(3)4/h9-12H,5-8H2,1-4H3. The molecular weight excluding hydrogens is 172 g/mol. The zero-order valence-electron chi connectivity index (χ0n) is 10.0. The summed E-state index contributed by atoms with van der Waals surface area (Å²) >= 11 is 0. The Morgan fingerprint density at radius 3 is 1.43 bits per heavy atom. The molecule has 0 aliphatic rings. The van der Waals surface area contributed by atoms with Gasteiger partial charge in [0.1, 0.15) is 0 Å². The minimum absolute atomic E-state index is 0.442. The molecule has 0 spiro atoms. The molecule has 0 fully saturated rings. The summed E-state index contributed by atoms with van der Waals surface area (Å²) in [7, 11) is 0. The lowest BCUT2D eigenvalue weighted by Gasteiger charge is -1.96. The van der Waals surface area contributed by atoms with Crippen molar-refractivity contribution in [2.24, 2.45) is 9.98 Å². The molecule has 0 saturated heterocycles. The van der Waals surface area contributed by atoms with Gasteiger partial charge in [0.05, 0.1) is 0 Å². The van der Waals surface area contributed by atoms with E-state index in [0.29, 0.717) is 12.1 Å². The molecule has 0 aromatic carbocycles. The predicted octanol–water partition coefficient (Wildman–Crippen LogP) is 3.51. The van der Waals surface area contributed by atoms with Crippen LogP contribution in [0.25, 0.3) is 0 Å². The van der Waals surface area contributed by atoms with Gasteiger partial charge in [-0.25, -0.2) is 0 Å². The van der Waals surface area contributed by atoms with Crippen molar-refractivity contribution < 1.29 is 0 Å². The van der Waals surface area contributed by atoms with Crippen LogP contribution in [0, 0.1) is 0 Å². The van der Waals surface area contributed by atoms with Crippen molar-refractivity contribution >= 4 is 12.4 Å². The molecule has 14 heavy (non-hydrogen) atoms. The van der Waals surface area contributed by atoms with E-state index in [-0.39, 0.29) is 0 Å². The quantitative estimate of drug-likeness (QED) is 0.440. The van der Waals surface area contributed by atoms with Crippen LogP contribution in [0.15, 0.2) is 9.98 Å². The summed E-state index contributed by atoms with van der Waals surface area (Å²) in [6.45, 7) is 8.41. The molecule has 0 rings (SSSR count). The Balaban J connectivity index is 3.22. The molecule has 2 nitrogen and oxygen atoms in total. The maximum atomic E-state index is 4.31. The Bertz CT molecular complexity index is 149. The largest absolute Gasteiger partial charge is 0.295 e. The third-order valence-corrected chi connectivity index (χ3v) is 1.72. The number of hydrogen-bond acceptors (Lipinski definition) is 2. The highest BCUT2D eigenvalue weighted by molar-refractivity contribution is 5.58. The highest BCUT2D eigenvalue weighted by Crippen LogP contribution is 1.97. The zero-order valence-corrected chi connectivity index (χ0v) is 10.0. The summed E-state index contributed by atoms with van der Waals surface area (Å²) in [5.74, 6) is 0. The molecule has 0 radical (unpaired) electrons. The molecule has 0 heterocycles. The third kappa shape index (κ3) is 11.3. The van der Waals surface area contributed by atoms with Gasteiger partial charge in [-0.3, -0.25) is 9.98 Å². The second-order valence-electron chi connectivity index (χ2n) is 4.14. The van der Waals surface area contributed by atoms with Gasteiger partial charge in [-0.1, -0.05) is 0 Å². The average Bonchev–Trinajstić information content (AvgIpc) is 2.08. The first kappa shape index (κ1) is 13.3. The van der Waals surface area contributed by atoms with Crippen LogP contribution in [-0.4, -0.2) is 24.5 Å². The number of aliphatic imine (C=N–C) groups is 2. The van der Waals surface area contributed by atoms with Crippen LogP contribution in [0.1, 0.15) is 53.4 Å². The summed E-state index contributed by atoms with van der Waals surface area (Å²) in [4.78, 5) is 8.62. The molecule has 0 aliphatic carbocycles. The highest BCUT2D eigenvalue weighted by atomic mass is 14.7. The Morgan fingerprint density at radius 1 is 0.786 bits per heavy atom. The number of rotatable bonds is 7. The molecule has 0 bridgehead atoms. The fraction of sp³-hybridized carbons (Fsp3) is 0.833. The average molecular weight is 196 g/mol. The maximum Gasteiger partial charge on any atom is 0.0439 e. The lowest BCUT2D eigenvalue weighted by atomic mass is 10.2. The van der Waals surface area contributed by atoms with Crippen LogP contribution in [-0.2, 0) is 0 Å². The predicted molar refractivity (Wildman–Crippen MR) is 65.7 cm³/mol. The fourth-order valence-corrected chi connectivity index (χ4v) is 1.04. The monoisotopic (exact) mass is 196 g/mol. The number of hydrogen-bond donors (Lipinski definition) is 0. The van der Waals surface area contributed by atoms with Gasteiger partial charge in [0.25, 0.3) is 0 Å². The molecule has 0 atom stereocenters. The van der Waals surface area contributed by atoms with E-state index in [4.69, 9.17) is 0 Å². The minimum atomic E-state index is 0.442. The Morgan fingerprint density at radius 2 is 1.14 bits per heavy atom. The second-order valence-corrected chi connectivity index (χ2v) is 4.14. The summed E-state index contributed by atoms with van der Waals surface area (Å²) in [5.41, 5.74) is 0. The number of unbranched alkanes of at least 4 members (excludes halogenated alkanes) is 3. The van der Waals surface area contributed by atoms with Gasteiger partial charge in [0.2, 0.25) is 0 Å². The molecule has 0 aliphatic heterocycles. The van der Waals surface area contributed by atoms with E-state index in [0.717, 1.165) is 12.8 Å². The first-order valence-corrected chi connectivity index (χ1v) is 5.66. The first-order valence-electron chi connectivity index (χ1n) is 5.66. The van der Waals surface area contributed by atoms with Crippen LogP contribution in [0.3, 0.4) is 0 Å². The van der Waals surface area contributed by atoms with Gasteiger partial charge in [-0.05, 0) is 65.8 Å². The normalized spacial score (nSPS) is 12.7. The van der Waals surface area contributed by atoms with Crippen molar-refractivity contribution in [2.75, 3.05) is 0 Å². The molecule has 82 valence electrons. The lowest BCUT2D eigenvalue weighted by Crippen LogP contribution is -1.90. The SMILES string of the molecule is CC(C)N=CCCCCC=NC(C)C. The van der Waals surface area contributed by atoms with Gasteiger partial charge < -0.3 is 0 Å². The van der Waals surface area contributed by atoms with Crippen molar-refractivity contribution in [2.45, 2.75) is 65.5 Å². The van der Waals surface area contributed by atoms with Crippen LogP contribution < -0.4 is 0 Å². The van der Waals surface area contributed by atoms with Gasteiger partial charge in [0, 0.05) is 12.1 Å². The van der Waals surface area contributed by atoms with E-state index in [1.807, 2.05) is 12.4 Å². The second kappa shape index (κ2) is 8.92. The van der Waals surface area contributed by atoms with Crippen molar-refractivity contribution in [1.82, 2.24) is 0 Å². The van der Waals surface area contributed by atoms with E-state index < -0.39 is 0 Å². The summed E-state index contributed by atoms with van der Waals surface area (Å²) in [5, 5.41) is 0. The van der Waals surface area contributed by atoms with Crippen LogP contribution in [0.2, 0.25) is 0 Å². The Kier molecular flexibility index (Phi) is 8.50. The Labute approximate surface area is 88.5 Å². The van der Waals surface area contributed by atoms with Gasteiger partial charge >= 0.3 is 0 Å². The molecule has 0 N–H and O–H groups in total. The summed E-state index contributed by atoms with van der Waals surface area (Å²) in [6.07, 6.45) is 8.75. The van der Waals surface area contributed by atoms with Crippen molar-refractivity contribution in [1.29, 1.82) is 0 Å². The fourth-order valence-electron chi connectivity index (χ4n) is 1.04. The molecule has 0 saturated carbocycles. The Hall–Kier alpha value is -0.660. The smallest absolute Gasteiger partial charge is 0.0439 e. The van der Waals surface area contributed by atoms with Crippen molar-refractivity contribution in [3.8, 4) is 0 Å². The van der Waals surface area contributed by atoms with E-state index >= 15 is 0 Å². The lowest BCUT2D eigenvalue weighted by molar-refractivity contribution is 0.780. The topological polar surface area (TPSA) is 24.7 Å². The van der Waals surface area contributed by atoms with E-state index in [2.05, 4.69) is 37.7 Å². The molecule has 0 amide bonds. The van der Waals surface area contributed by atoms with Crippen LogP contribution in [0.5, 0.6) is 0 Å². The summed E-state index contributed by atoms with van der Waals surface area (Å²) in [6, 6.07) is 0.884. The first-order chi connectivity index (χ1) is 6.63. The zero-order chi connectivity index (χ0) is 10.8.